The quantitative estimate of drug-likeness (QED) is 0.897. The Bertz CT molecular complexity index is 570. The van der Waals surface area contributed by atoms with E-state index in [0.29, 0.717) is 11.5 Å². The molecular formula is C17H25N3O3. The van der Waals surface area contributed by atoms with E-state index in [-0.39, 0.29) is 11.4 Å². The number of nitrogens with one attached hydrogen (secondary N) is 2. The van der Waals surface area contributed by atoms with Crippen molar-refractivity contribution in [3.63, 3.8) is 0 Å². The number of ether oxygens (including phenoxy) is 2. The second kappa shape index (κ2) is 6.66. The molecule has 2 fully saturated rings. The summed E-state index contributed by atoms with van der Waals surface area (Å²) in [6.07, 6.45) is 3.44. The lowest BCUT2D eigenvalue weighted by atomic mass is 9.79. The van der Waals surface area contributed by atoms with Crippen LogP contribution < -0.4 is 20.1 Å². The molecule has 2 aliphatic rings. The zero-order valence-corrected chi connectivity index (χ0v) is 13.9. The Balaban J connectivity index is 1.66. The summed E-state index contributed by atoms with van der Waals surface area (Å²) >= 11 is 0. The van der Waals surface area contributed by atoms with Gasteiger partial charge in [0.05, 0.1) is 14.2 Å². The van der Waals surface area contributed by atoms with Gasteiger partial charge >= 0.3 is 6.03 Å². The topological polar surface area (TPSA) is 62.8 Å². The summed E-state index contributed by atoms with van der Waals surface area (Å²) in [5.41, 5.74) is 0.990. The van der Waals surface area contributed by atoms with Crippen molar-refractivity contribution >= 4 is 11.7 Å². The first-order valence-electron chi connectivity index (χ1n) is 8.14. The van der Waals surface area contributed by atoms with Gasteiger partial charge in [0.15, 0.2) is 11.5 Å². The van der Waals surface area contributed by atoms with E-state index < -0.39 is 0 Å². The van der Waals surface area contributed by atoms with Gasteiger partial charge in [-0.2, -0.15) is 0 Å². The van der Waals surface area contributed by atoms with E-state index in [1.165, 1.54) is 6.42 Å². The number of urea groups is 1. The van der Waals surface area contributed by atoms with Gasteiger partial charge in [-0.3, -0.25) is 0 Å². The summed E-state index contributed by atoms with van der Waals surface area (Å²) in [5.74, 6) is 1.26. The molecule has 1 atom stereocenters. The number of carbonyl (C=O) groups excluding carboxylic acids is 1. The van der Waals surface area contributed by atoms with Crippen LogP contribution in [0.2, 0.25) is 0 Å². The molecule has 0 bridgehead atoms. The van der Waals surface area contributed by atoms with Gasteiger partial charge in [0.25, 0.3) is 0 Å². The summed E-state index contributed by atoms with van der Waals surface area (Å²) < 4.78 is 10.5. The average molecular weight is 319 g/mol. The molecule has 2 saturated heterocycles. The molecule has 0 radical (unpaired) electrons. The standard InChI is InChI=1S/C17H25N3O3/c1-22-14-5-4-13(10-15(14)23-2)19-16(21)20-9-3-6-17(12-20)7-8-18-11-17/h4-5,10,18H,3,6-9,11-12H2,1-2H3,(H,19,21)/t17-/m1/s1. The molecule has 2 heterocycles. The lowest BCUT2D eigenvalue weighted by Gasteiger charge is -2.39. The normalized spacial score (nSPS) is 23.8. The summed E-state index contributed by atoms with van der Waals surface area (Å²) in [5, 5.41) is 6.41. The van der Waals surface area contributed by atoms with Gasteiger partial charge in [-0.25, -0.2) is 4.79 Å². The fraction of sp³-hybridized carbons (Fsp3) is 0.588. The molecule has 0 aliphatic carbocycles. The van der Waals surface area contributed by atoms with Gasteiger partial charge in [-0.05, 0) is 37.9 Å². The highest BCUT2D eigenvalue weighted by molar-refractivity contribution is 5.89. The van der Waals surface area contributed by atoms with E-state index in [9.17, 15) is 4.79 Å². The van der Waals surface area contributed by atoms with Crippen molar-refractivity contribution in [1.29, 1.82) is 0 Å². The van der Waals surface area contributed by atoms with Crippen molar-refractivity contribution in [2.45, 2.75) is 19.3 Å². The highest BCUT2D eigenvalue weighted by atomic mass is 16.5. The van der Waals surface area contributed by atoms with Crippen LogP contribution in [0.25, 0.3) is 0 Å². The SMILES string of the molecule is COc1ccc(NC(=O)N2CCC[C@]3(CCNC3)C2)cc1OC. The molecule has 1 aromatic rings. The average Bonchev–Trinajstić information content (AvgIpc) is 3.02. The minimum absolute atomic E-state index is 0.0387. The molecule has 1 aromatic carbocycles. The minimum atomic E-state index is -0.0387. The second-order valence-electron chi connectivity index (χ2n) is 6.45. The van der Waals surface area contributed by atoms with E-state index >= 15 is 0 Å². The van der Waals surface area contributed by atoms with E-state index in [1.807, 2.05) is 11.0 Å². The highest BCUT2D eigenvalue weighted by Gasteiger charge is 2.39. The first-order chi connectivity index (χ1) is 11.2. The molecular weight excluding hydrogens is 294 g/mol. The number of piperidine rings is 1. The molecule has 2 amide bonds. The van der Waals surface area contributed by atoms with E-state index in [1.54, 1.807) is 26.4 Å². The molecule has 1 spiro atoms. The monoisotopic (exact) mass is 319 g/mol. The third kappa shape index (κ3) is 3.37. The number of hydrogen-bond donors (Lipinski definition) is 2. The number of benzene rings is 1. The number of amides is 2. The van der Waals surface area contributed by atoms with Gasteiger partial charge in [0.1, 0.15) is 0 Å². The van der Waals surface area contributed by atoms with Gasteiger partial charge in [-0.15, -0.1) is 0 Å². The smallest absolute Gasteiger partial charge is 0.321 e. The van der Waals surface area contributed by atoms with Gasteiger partial charge < -0.3 is 25.0 Å². The van der Waals surface area contributed by atoms with Crippen molar-refractivity contribution in [3.05, 3.63) is 18.2 Å². The Morgan fingerprint density at radius 3 is 2.78 bits per heavy atom. The maximum Gasteiger partial charge on any atom is 0.321 e. The van der Waals surface area contributed by atoms with Crippen molar-refractivity contribution < 1.29 is 14.3 Å². The number of anilines is 1. The molecule has 3 rings (SSSR count). The van der Waals surface area contributed by atoms with E-state index in [4.69, 9.17) is 9.47 Å². The lowest BCUT2D eigenvalue weighted by molar-refractivity contribution is 0.125. The predicted molar refractivity (Wildman–Crippen MR) is 89.3 cm³/mol. The molecule has 126 valence electrons. The van der Waals surface area contributed by atoms with Crippen LogP contribution in [0.4, 0.5) is 10.5 Å². The summed E-state index contributed by atoms with van der Waals surface area (Å²) in [7, 11) is 3.18. The molecule has 0 saturated carbocycles. The van der Waals surface area contributed by atoms with Crippen LogP contribution in [0.15, 0.2) is 18.2 Å². The van der Waals surface area contributed by atoms with Gasteiger partial charge in [-0.1, -0.05) is 0 Å². The number of methoxy groups -OCH3 is 2. The Labute approximate surface area is 137 Å². The molecule has 2 N–H and O–H groups in total. The van der Waals surface area contributed by atoms with Crippen molar-refractivity contribution in [1.82, 2.24) is 10.2 Å². The molecule has 6 heteroatoms. The number of hydrogen-bond acceptors (Lipinski definition) is 4. The third-order valence-corrected chi connectivity index (χ3v) is 4.92. The maximum absolute atomic E-state index is 12.6. The second-order valence-corrected chi connectivity index (χ2v) is 6.45. The Kier molecular flexibility index (Phi) is 4.61. The number of likely N-dealkylation sites (tertiary alicyclic amines) is 1. The Morgan fingerprint density at radius 2 is 2.09 bits per heavy atom. The summed E-state index contributed by atoms with van der Waals surface area (Å²) in [4.78, 5) is 14.5. The van der Waals surface area contributed by atoms with Crippen LogP contribution in [-0.2, 0) is 0 Å². The van der Waals surface area contributed by atoms with Crippen molar-refractivity contribution in [2.75, 3.05) is 45.7 Å². The number of nitrogens with zero attached hydrogens (tertiary/aromatic N) is 1. The van der Waals surface area contributed by atoms with Crippen molar-refractivity contribution in [3.8, 4) is 11.5 Å². The van der Waals surface area contributed by atoms with Crippen LogP contribution in [0.1, 0.15) is 19.3 Å². The fourth-order valence-electron chi connectivity index (χ4n) is 3.64. The van der Waals surface area contributed by atoms with E-state index in [0.717, 1.165) is 44.7 Å². The van der Waals surface area contributed by atoms with Crippen LogP contribution >= 0.6 is 0 Å². The van der Waals surface area contributed by atoms with E-state index in [2.05, 4.69) is 10.6 Å². The third-order valence-electron chi connectivity index (χ3n) is 4.92. The largest absolute Gasteiger partial charge is 0.493 e. The molecule has 23 heavy (non-hydrogen) atoms. The van der Waals surface area contributed by atoms with Gasteiger partial charge in [0, 0.05) is 36.8 Å². The molecule has 0 aromatic heterocycles. The predicted octanol–water partition coefficient (Wildman–Crippen LogP) is 2.31. The lowest BCUT2D eigenvalue weighted by Crippen LogP contribution is -2.48. The molecule has 6 nitrogen and oxygen atoms in total. The van der Waals surface area contributed by atoms with Crippen LogP contribution in [0, 0.1) is 5.41 Å². The first-order valence-corrected chi connectivity index (χ1v) is 8.14. The number of rotatable bonds is 3. The first kappa shape index (κ1) is 15.9. The van der Waals surface area contributed by atoms with Crippen LogP contribution in [0.5, 0.6) is 11.5 Å². The number of carbonyl (C=O) groups is 1. The maximum atomic E-state index is 12.6. The van der Waals surface area contributed by atoms with Crippen molar-refractivity contribution in [2.24, 2.45) is 5.41 Å². The van der Waals surface area contributed by atoms with Gasteiger partial charge in [0.2, 0.25) is 0 Å². The Hall–Kier alpha value is -1.95. The summed E-state index contributed by atoms with van der Waals surface area (Å²) in [6.45, 7) is 3.73. The van der Waals surface area contributed by atoms with Crippen LogP contribution in [0.3, 0.4) is 0 Å². The zero-order chi connectivity index (χ0) is 16.3. The fourth-order valence-corrected chi connectivity index (χ4v) is 3.64. The highest BCUT2D eigenvalue weighted by Crippen LogP contribution is 2.36. The van der Waals surface area contributed by atoms with Crippen LogP contribution in [-0.4, -0.2) is 51.3 Å². The zero-order valence-electron chi connectivity index (χ0n) is 13.9. The minimum Gasteiger partial charge on any atom is -0.493 e. The molecule has 0 unspecified atom stereocenters. The molecule has 2 aliphatic heterocycles. The Morgan fingerprint density at radius 1 is 1.26 bits per heavy atom. The summed E-state index contributed by atoms with van der Waals surface area (Å²) in [6, 6.07) is 5.37.